The molecule has 0 radical (unpaired) electrons. The normalized spacial score (nSPS) is 11.6. The topological polar surface area (TPSA) is 74.5 Å². The minimum Gasteiger partial charge on any atom is -0.469 e. The molecule has 0 saturated heterocycles. The fourth-order valence-electron chi connectivity index (χ4n) is 1.82. The highest BCUT2D eigenvalue weighted by atomic mass is 16.5. The van der Waals surface area contributed by atoms with E-state index in [1.807, 2.05) is 20.8 Å². The van der Waals surface area contributed by atoms with Crippen LogP contribution in [0.25, 0.3) is 0 Å². The van der Waals surface area contributed by atoms with Crippen molar-refractivity contribution in [1.82, 2.24) is 10.1 Å². The van der Waals surface area contributed by atoms with E-state index >= 15 is 0 Å². The molecule has 0 unspecified atom stereocenters. The van der Waals surface area contributed by atoms with Gasteiger partial charge in [0, 0.05) is 6.61 Å². The van der Waals surface area contributed by atoms with E-state index in [2.05, 4.69) is 14.9 Å². The van der Waals surface area contributed by atoms with Gasteiger partial charge in [-0.15, -0.1) is 0 Å². The summed E-state index contributed by atoms with van der Waals surface area (Å²) in [6.07, 6.45) is 1.47. The molecule has 6 nitrogen and oxygen atoms in total. The molecular weight excluding hydrogens is 236 g/mol. The summed E-state index contributed by atoms with van der Waals surface area (Å²) in [5.74, 6) is 0.344. The van der Waals surface area contributed by atoms with Gasteiger partial charge in [-0.25, -0.2) is 0 Å². The first-order chi connectivity index (χ1) is 8.61. The van der Waals surface area contributed by atoms with Crippen LogP contribution >= 0.6 is 0 Å². The largest absolute Gasteiger partial charge is 0.469 e. The Morgan fingerprint density at radius 1 is 1.33 bits per heavy atom. The van der Waals surface area contributed by atoms with Gasteiger partial charge < -0.3 is 14.0 Å². The molecule has 0 fully saturated rings. The molecule has 102 valence electrons. The average Bonchev–Trinajstić information content (AvgIpc) is 2.84. The summed E-state index contributed by atoms with van der Waals surface area (Å²) in [4.78, 5) is 15.4. The van der Waals surface area contributed by atoms with Gasteiger partial charge in [0.2, 0.25) is 11.7 Å². The third-order valence-electron chi connectivity index (χ3n) is 2.96. The van der Waals surface area contributed by atoms with Crippen LogP contribution in [0.4, 0.5) is 0 Å². The summed E-state index contributed by atoms with van der Waals surface area (Å²) in [6, 6.07) is 0. The van der Waals surface area contributed by atoms with E-state index in [4.69, 9.17) is 9.26 Å². The van der Waals surface area contributed by atoms with Gasteiger partial charge in [0.05, 0.1) is 7.11 Å². The molecule has 0 amide bonds. The lowest BCUT2D eigenvalue weighted by Gasteiger charge is -2.27. The van der Waals surface area contributed by atoms with Crippen molar-refractivity contribution in [1.29, 1.82) is 0 Å². The van der Waals surface area contributed by atoms with Crippen LogP contribution in [0.2, 0.25) is 0 Å². The number of aromatic nitrogens is 2. The molecule has 1 aromatic rings. The van der Waals surface area contributed by atoms with Crippen LogP contribution in [0.5, 0.6) is 0 Å². The number of rotatable bonds is 7. The summed E-state index contributed by atoms with van der Waals surface area (Å²) >= 11 is 0. The number of hydrogen-bond acceptors (Lipinski definition) is 6. The Kier molecular flexibility index (Phi) is 5.27. The van der Waals surface area contributed by atoms with Crippen LogP contribution < -0.4 is 0 Å². The zero-order valence-electron chi connectivity index (χ0n) is 11.4. The van der Waals surface area contributed by atoms with Gasteiger partial charge in [-0.1, -0.05) is 19.0 Å². The number of nitrogens with zero attached hydrogens (tertiary/aromatic N) is 2. The lowest BCUT2D eigenvalue weighted by molar-refractivity contribution is -0.140. The Bertz CT molecular complexity index is 385. The Balaban J connectivity index is 2.90. The second kappa shape index (κ2) is 6.49. The van der Waals surface area contributed by atoms with Crippen molar-refractivity contribution in [3.8, 4) is 0 Å². The van der Waals surface area contributed by atoms with Crippen molar-refractivity contribution in [3.63, 3.8) is 0 Å². The summed E-state index contributed by atoms with van der Waals surface area (Å²) in [5.41, 5.74) is -0.535. The lowest BCUT2D eigenvalue weighted by Crippen LogP contribution is -2.29. The molecule has 0 saturated carbocycles. The minimum absolute atomic E-state index is 0.0147. The van der Waals surface area contributed by atoms with Crippen molar-refractivity contribution in [3.05, 3.63) is 11.7 Å². The highest BCUT2D eigenvalue weighted by molar-refractivity contribution is 5.71. The van der Waals surface area contributed by atoms with Crippen LogP contribution in [0.15, 0.2) is 4.52 Å². The molecule has 0 aliphatic rings. The van der Waals surface area contributed by atoms with E-state index < -0.39 is 11.6 Å². The molecule has 1 heterocycles. The van der Waals surface area contributed by atoms with E-state index in [0.717, 1.165) is 12.8 Å². The van der Waals surface area contributed by atoms with E-state index in [0.29, 0.717) is 12.4 Å². The average molecular weight is 256 g/mol. The number of carbonyl (C=O) groups excluding carboxylic acids is 1. The first kappa shape index (κ1) is 14.6. The molecule has 0 aromatic carbocycles. The second-order valence-electron chi connectivity index (χ2n) is 3.90. The maximum Gasteiger partial charge on any atom is 0.315 e. The van der Waals surface area contributed by atoms with Gasteiger partial charge in [-0.05, 0) is 19.8 Å². The summed E-state index contributed by atoms with van der Waals surface area (Å²) in [6.45, 7) is 6.52. The number of hydrogen-bond donors (Lipinski definition) is 0. The lowest BCUT2D eigenvalue weighted by atomic mass is 9.96. The molecule has 0 aliphatic carbocycles. The molecule has 0 N–H and O–H groups in total. The van der Waals surface area contributed by atoms with Gasteiger partial charge in [0.15, 0.2) is 0 Å². The smallest absolute Gasteiger partial charge is 0.315 e. The molecule has 6 heteroatoms. The third-order valence-corrected chi connectivity index (χ3v) is 2.96. The first-order valence-electron chi connectivity index (χ1n) is 6.15. The molecule has 0 spiro atoms. The van der Waals surface area contributed by atoms with Gasteiger partial charge in [-0.3, -0.25) is 4.79 Å². The van der Waals surface area contributed by atoms with Gasteiger partial charge in [0.1, 0.15) is 12.0 Å². The SMILES string of the molecule is CCOC(CC)(CC)c1noc(CC(=O)OC)n1. The number of ether oxygens (including phenoxy) is 2. The Hall–Kier alpha value is -1.43. The summed E-state index contributed by atoms with van der Waals surface area (Å²) < 4.78 is 15.4. The Labute approximate surface area is 107 Å². The van der Waals surface area contributed by atoms with Crippen molar-refractivity contribution >= 4 is 5.97 Å². The molecule has 0 bridgehead atoms. The van der Waals surface area contributed by atoms with Crippen LogP contribution in [-0.2, 0) is 26.3 Å². The minimum atomic E-state index is -0.535. The monoisotopic (exact) mass is 256 g/mol. The molecule has 0 aliphatic heterocycles. The number of methoxy groups -OCH3 is 1. The summed E-state index contributed by atoms with van der Waals surface area (Å²) in [5, 5.41) is 3.92. The second-order valence-corrected chi connectivity index (χ2v) is 3.90. The molecular formula is C12H20N2O4. The highest BCUT2D eigenvalue weighted by Gasteiger charge is 2.34. The van der Waals surface area contributed by atoms with Crippen LogP contribution in [0, 0.1) is 0 Å². The Morgan fingerprint density at radius 3 is 2.50 bits per heavy atom. The molecule has 1 aromatic heterocycles. The fraction of sp³-hybridized carbons (Fsp3) is 0.750. The fourth-order valence-corrected chi connectivity index (χ4v) is 1.82. The zero-order chi connectivity index (χ0) is 13.6. The van der Waals surface area contributed by atoms with E-state index in [9.17, 15) is 4.79 Å². The van der Waals surface area contributed by atoms with Crippen molar-refractivity contribution in [2.24, 2.45) is 0 Å². The number of carbonyl (C=O) groups is 1. The van der Waals surface area contributed by atoms with Crippen LogP contribution in [0.1, 0.15) is 45.3 Å². The summed E-state index contributed by atoms with van der Waals surface area (Å²) in [7, 11) is 1.32. The Morgan fingerprint density at radius 2 is 2.00 bits per heavy atom. The first-order valence-corrected chi connectivity index (χ1v) is 6.15. The predicted molar refractivity (Wildman–Crippen MR) is 63.9 cm³/mol. The van der Waals surface area contributed by atoms with Crippen molar-refractivity contribution < 1.29 is 18.8 Å². The van der Waals surface area contributed by atoms with E-state index in [1.165, 1.54) is 7.11 Å². The molecule has 1 rings (SSSR count). The number of esters is 1. The van der Waals surface area contributed by atoms with Gasteiger partial charge in [0.25, 0.3) is 0 Å². The van der Waals surface area contributed by atoms with E-state index in [1.54, 1.807) is 0 Å². The highest BCUT2D eigenvalue weighted by Crippen LogP contribution is 2.30. The quantitative estimate of drug-likeness (QED) is 0.693. The zero-order valence-corrected chi connectivity index (χ0v) is 11.4. The molecule has 18 heavy (non-hydrogen) atoms. The van der Waals surface area contributed by atoms with Crippen LogP contribution in [-0.4, -0.2) is 29.8 Å². The van der Waals surface area contributed by atoms with Crippen LogP contribution in [0.3, 0.4) is 0 Å². The molecule has 0 atom stereocenters. The standard InChI is InChI=1S/C12H20N2O4/c1-5-12(6-2,17-7-3)11-13-9(18-14-11)8-10(15)16-4/h5-8H2,1-4H3. The van der Waals surface area contributed by atoms with Crippen molar-refractivity contribution in [2.45, 2.75) is 45.6 Å². The van der Waals surface area contributed by atoms with Crippen molar-refractivity contribution in [2.75, 3.05) is 13.7 Å². The maximum absolute atomic E-state index is 11.1. The third kappa shape index (κ3) is 3.07. The van der Waals surface area contributed by atoms with E-state index in [-0.39, 0.29) is 12.3 Å². The van der Waals surface area contributed by atoms with Gasteiger partial charge in [-0.2, -0.15) is 4.98 Å². The maximum atomic E-state index is 11.1. The predicted octanol–water partition coefficient (Wildman–Crippen LogP) is 1.84. The van der Waals surface area contributed by atoms with Gasteiger partial charge >= 0.3 is 5.97 Å².